The maximum Gasteiger partial charge on any atom is 0.322 e. The van der Waals surface area contributed by atoms with Gasteiger partial charge < -0.3 is 5.11 Å². The van der Waals surface area contributed by atoms with E-state index in [2.05, 4.69) is 0 Å². The molecule has 0 aromatic carbocycles. The van der Waals surface area contributed by atoms with Gasteiger partial charge in [0.15, 0.2) is 0 Å². The van der Waals surface area contributed by atoms with E-state index in [0.717, 1.165) is 0 Å². The molecule has 53 valence electrons. The van der Waals surface area contributed by atoms with Crippen LogP contribution in [0.3, 0.4) is 0 Å². The van der Waals surface area contributed by atoms with Crippen LogP contribution in [0.4, 0.5) is 0 Å². The monoisotopic (exact) mass is 136 g/mol. The van der Waals surface area contributed by atoms with E-state index in [9.17, 15) is 4.79 Å². The number of rotatable bonds is 1. The van der Waals surface area contributed by atoms with Crippen LogP contribution in [0.15, 0.2) is 0 Å². The summed E-state index contributed by atoms with van der Waals surface area (Å²) < 4.78 is 0. The fraction of sp³-hybridized carbons (Fsp3) is 0.667. The highest BCUT2D eigenvalue weighted by atomic mass is 16.9. The highest BCUT2D eigenvalue weighted by Crippen LogP contribution is 1.67. The molecule has 0 saturated heterocycles. The van der Waals surface area contributed by atoms with Gasteiger partial charge in [0.2, 0.25) is 0 Å². The van der Waals surface area contributed by atoms with Gasteiger partial charge in [0, 0.05) is 6.42 Å². The summed E-state index contributed by atoms with van der Waals surface area (Å²) >= 11 is 0. The summed E-state index contributed by atoms with van der Waals surface area (Å²) in [5.41, 5.74) is 0. The van der Waals surface area contributed by atoms with Crippen LogP contribution in [0.5, 0.6) is 0 Å². The van der Waals surface area contributed by atoms with Gasteiger partial charge in [-0.05, 0) is 0 Å². The highest BCUT2D eigenvalue weighted by molar-refractivity contribution is 5.66. The summed E-state index contributed by atoms with van der Waals surface area (Å²) in [6.07, 6.45) is 0.222. The van der Waals surface area contributed by atoms with E-state index < -0.39 is 11.1 Å². The van der Waals surface area contributed by atoms with Gasteiger partial charge >= 0.3 is 11.1 Å². The number of hydrogen-bond acceptors (Lipinski definition) is 3. The van der Waals surface area contributed by atoms with E-state index in [1.54, 1.807) is 6.92 Å². The summed E-state index contributed by atoms with van der Waals surface area (Å²) in [5, 5.41) is 22.5. The number of nitrogens with zero attached hydrogens (tertiary/aromatic N) is 1. The molecule has 6 nitrogen and oxygen atoms in total. The Bertz CT molecular complexity index is 96.4. The standard InChI is InChI=1S/C3H6O2.NO3/c1-2-3(4)5;2-1(3)4/h2H2,1H3,(H,4,5);. The van der Waals surface area contributed by atoms with Crippen molar-refractivity contribution < 1.29 is 20.2 Å². The normalized spacial score (nSPS) is 6.78. The van der Waals surface area contributed by atoms with Gasteiger partial charge in [0.05, 0.1) is 0 Å². The lowest BCUT2D eigenvalue weighted by molar-refractivity contribution is -0.782. The molecule has 1 radical (unpaired) electrons. The molecule has 0 heterocycles. The highest BCUT2D eigenvalue weighted by Gasteiger charge is 1.80. The molecule has 0 atom stereocenters. The molecule has 0 aromatic rings. The van der Waals surface area contributed by atoms with Crippen LogP contribution in [0.1, 0.15) is 13.3 Å². The first kappa shape index (κ1) is 10.6. The molecule has 1 N–H and O–H groups in total. The number of hydrogen-bond donors (Lipinski definition) is 1. The number of carboxylic acid groups (broad SMARTS) is 1. The lowest BCUT2D eigenvalue weighted by atomic mass is 10.5. The average Bonchev–Trinajstić information content (AvgIpc) is 1.65. The Morgan fingerprint density at radius 1 is 1.78 bits per heavy atom. The van der Waals surface area contributed by atoms with Crippen LogP contribution in [-0.2, 0) is 10.0 Å². The van der Waals surface area contributed by atoms with Crippen molar-refractivity contribution >= 4 is 5.97 Å². The number of aliphatic carboxylic acids is 1. The van der Waals surface area contributed by atoms with Crippen LogP contribution in [0.25, 0.3) is 0 Å². The van der Waals surface area contributed by atoms with E-state index >= 15 is 0 Å². The summed E-state index contributed by atoms with van der Waals surface area (Å²) in [6, 6.07) is 0. The quantitative estimate of drug-likeness (QED) is 0.407. The Kier molecular flexibility index (Phi) is 7.87. The molecular weight excluding hydrogens is 130 g/mol. The first-order valence-corrected chi connectivity index (χ1v) is 2.04. The Hall–Kier alpha value is -1.33. The summed E-state index contributed by atoms with van der Waals surface area (Å²) in [4.78, 5) is 17.6. The van der Waals surface area contributed by atoms with Crippen molar-refractivity contribution in [2.45, 2.75) is 13.3 Å². The molecule has 0 fully saturated rings. The van der Waals surface area contributed by atoms with Crippen molar-refractivity contribution in [3.05, 3.63) is 10.1 Å². The summed E-state index contributed by atoms with van der Waals surface area (Å²) in [6.45, 7) is 1.60. The minimum Gasteiger partial charge on any atom is -0.481 e. The predicted molar refractivity (Wildman–Crippen MR) is 25.6 cm³/mol. The summed E-state index contributed by atoms with van der Waals surface area (Å²) in [7, 11) is 0. The molecule has 0 spiro atoms. The Balaban J connectivity index is 0. The molecule has 9 heavy (non-hydrogen) atoms. The molecule has 0 aliphatic heterocycles. The second kappa shape index (κ2) is 6.67. The van der Waals surface area contributed by atoms with Gasteiger partial charge in [0.25, 0.3) is 0 Å². The first-order valence-electron chi connectivity index (χ1n) is 2.04. The Morgan fingerprint density at radius 3 is 1.89 bits per heavy atom. The van der Waals surface area contributed by atoms with Crippen molar-refractivity contribution in [3.63, 3.8) is 0 Å². The zero-order valence-corrected chi connectivity index (χ0v) is 4.73. The molecule has 0 bridgehead atoms. The Morgan fingerprint density at radius 2 is 1.89 bits per heavy atom. The fourth-order valence-electron chi connectivity index (χ4n) is 0. The Labute approximate surface area is 50.8 Å². The van der Waals surface area contributed by atoms with Crippen LogP contribution < -0.4 is 0 Å². The topological polar surface area (TPSA) is 100 Å². The third-order valence-electron chi connectivity index (χ3n) is 0.302. The van der Waals surface area contributed by atoms with E-state index in [-0.39, 0.29) is 6.42 Å². The SMILES string of the molecule is CCC(=O)O.[O][N+](=O)[O-]. The van der Waals surface area contributed by atoms with Crippen LogP contribution in [0.2, 0.25) is 0 Å². The molecule has 0 aromatic heterocycles. The molecular formula is C3H6NO5. The second-order valence-corrected chi connectivity index (χ2v) is 0.971. The van der Waals surface area contributed by atoms with Crippen LogP contribution in [0, 0.1) is 10.1 Å². The summed E-state index contributed by atoms with van der Waals surface area (Å²) in [5.74, 6) is -0.745. The maximum atomic E-state index is 9.37. The van der Waals surface area contributed by atoms with E-state index in [1.807, 2.05) is 0 Å². The third-order valence-corrected chi connectivity index (χ3v) is 0.302. The van der Waals surface area contributed by atoms with Gasteiger partial charge in [-0.1, -0.05) is 6.92 Å². The van der Waals surface area contributed by atoms with Crippen molar-refractivity contribution in [3.8, 4) is 0 Å². The van der Waals surface area contributed by atoms with Gasteiger partial charge in [-0.3, -0.25) is 4.79 Å². The lowest BCUT2D eigenvalue weighted by Gasteiger charge is -1.71. The molecule has 0 amide bonds. The van der Waals surface area contributed by atoms with Gasteiger partial charge in [-0.25, -0.2) is 0 Å². The smallest absolute Gasteiger partial charge is 0.322 e. The molecule has 0 rings (SSSR count). The van der Waals surface area contributed by atoms with Gasteiger partial charge in [0.1, 0.15) is 0 Å². The van der Waals surface area contributed by atoms with Crippen molar-refractivity contribution in [1.82, 2.24) is 0 Å². The molecule has 6 heteroatoms. The van der Waals surface area contributed by atoms with Gasteiger partial charge in [-0.15, -0.1) is 15.3 Å². The van der Waals surface area contributed by atoms with Crippen molar-refractivity contribution in [2.24, 2.45) is 0 Å². The zero-order valence-electron chi connectivity index (χ0n) is 4.73. The van der Waals surface area contributed by atoms with E-state index in [1.165, 1.54) is 0 Å². The van der Waals surface area contributed by atoms with Crippen molar-refractivity contribution in [2.75, 3.05) is 0 Å². The molecule has 0 unspecified atom stereocenters. The average molecular weight is 136 g/mol. The maximum absolute atomic E-state index is 9.37. The number of carbonyl (C=O) groups is 1. The lowest BCUT2D eigenvalue weighted by Crippen LogP contribution is -1.86. The minimum atomic E-state index is -1.75. The first-order chi connectivity index (χ1) is 4.00. The van der Waals surface area contributed by atoms with E-state index in [4.69, 9.17) is 20.4 Å². The fourth-order valence-corrected chi connectivity index (χ4v) is 0. The predicted octanol–water partition coefficient (Wildman–Crippen LogP) is 0.0896. The van der Waals surface area contributed by atoms with Crippen LogP contribution in [-0.4, -0.2) is 16.2 Å². The van der Waals surface area contributed by atoms with Gasteiger partial charge in [-0.2, -0.15) is 0 Å². The second-order valence-electron chi connectivity index (χ2n) is 0.971. The number of carboxylic acids is 1. The van der Waals surface area contributed by atoms with E-state index in [0.29, 0.717) is 0 Å². The largest absolute Gasteiger partial charge is 0.481 e. The minimum absolute atomic E-state index is 0.222. The van der Waals surface area contributed by atoms with Crippen molar-refractivity contribution in [1.29, 1.82) is 0 Å². The molecule has 0 aliphatic carbocycles. The third kappa shape index (κ3) is 324. The molecule has 0 saturated carbocycles. The molecule has 0 aliphatic rings. The zero-order chi connectivity index (χ0) is 7.86. The van der Waals surface area contributed by atoms with Crippen LogP contribution >= 0.6 is 0 Å².